The highest BCUT2D eigenvalue weighted by atomic mass is 79.9. The van der Waals surface area contributed by atoms with Crippen molar-refractivity contribution in [3.05, 3.63) is 63.1 Å². The fraction of sp³-hybridized carbons (Fsp3) is 0.250. The molecule has 0 fully saturated rings. The van der Waals surface area contributed by atoms with Crippen LogP contribution in [0.1, 0.15) is 18.1 Å². The van der Waals surface area contributed by atoms with Gasteiger partial charge in [0.15, 0.2) is 0 Å². The Morgan fingerprint density at radius 1 is 1.15 bits per heavy atom. The van der Waals surface area contributed by atoms with Crippen LogP contribution in [0.25, 0.3) is 0 Å². The number of ether oxygens (including phenoxy) is 1. The van der Waals surface area contributed by atoms with E-state index in [1.165, 1.54) is 5.56 Å². The van der Waals surface area contributed by atoms with E-state index in [1.807, 2.05) is 18.2 Å². The monoisotopic (exact) mass is 353 g/mol. The predicted molar refractivity (Wildman–Crippen MR) is 87.3 cm³/mol. The summed E-state index contributed by atoms with van der Waals surface area (Å²) in [5, 5.41) is 3.93. The van der Waals surface area contributed by atoms with Crippen LogP contribution in [0.5, 0.6) is 5.75 Å². The highest BCUT2D eigenvalue weighted by Gasteiger charge is 2.03. The van der Waals surface area contributed by atoms with E-state index in [2.05, 4.69) is 52.4 Å². The van der Waals surface area contributed by atoms with Gasteiger partial charge in [0.05, 0.1) is 5.02 Å². The highest BCUT2D eigenvalue weighted by molar-refractivity contribution is 9.10. The summed E-state index contributed by atoms with van der Waals surface area (Å²) in [5.41, 5.74) is 2.40. The molecule has 2 aromatic carbocycles. The molecule has 4 heteroatoms. The Morgan fingerprint density at radius 2 is 1.95 bits per heavy atom. The summed E-state index contributed by atoms with van der Waals surface area (Å²) >= 11 is 9.51. The first-order valence-corrected chi connectivity index (χ1v) is 7.72. The maximum Gasteiger partial charge on any atom is 0.138 e. The molecule has 0 spiro atoms. The number of halogens is 2. The molecule has 2 rings (SSSR count). The first-order valence-electron chi connectivity index (χ1n) is 6.55. The normalized spacial score (nSPS) is 10.6. The molecule has 0 bridgehead atoms. The average Bonchev–Trinajstić information content (AvgIpc) is 2.45. The van der Waals surface area contributed by atoms with E-state index in [1.54, 1.807) is 0 Å². The number of benzene rings is 2. The van der Waals surface area contributed by atoms with Gasteiger partial charge in [-0.25, -0.2) is 0 Å². The Morgan fingerprint density at radius 3 is 2.70 bits per heavy atom. The van der Waals surface area contributed by atoms with Crippen LogP contribution < -0.4 is 10.1 Å². The number of nitrogens with one attached hydrogen (secondary N) is 1. The Kier molecular flexibility index (Phi) is 5.89. The summed E-state index contributed by atoms with van der Waals surface area (Å²) < 4.78 is 6.71. The molecule has 0 atom stereocenters. The molecule has 0 aliphatic carbocycles. The summed E-state index contributed by atoms with van der Waals surface area (Å²) in [6.07, 6.45) is 0. The van der Waals surface area contributed by atoms with Crippen molar-refractivity contribution in [2.45, 2.75) is 20.1 Å². The molecule has 0 aromatic heterocycles. The van der Waals surface area contributed by atoms with Crippen LogP contribution in [0.2, 0.25) is 5.02 Å². The summed E-state index contributed by atoms with van der Waals surface area (Å²) in [6.45, 7) is 4.46. The van der Waals surface area contributed by atoms with Crippen molar-refractivity contribution in [3.63, 3.8) is 0 Å². The largest absolute Gasteiger partial charge is 0.487 e. The van der Waals surface area contributed by atoms with Gasteiger partial charge in [0.25, 0.3) is 0 Å². The van der Waals surface area contributed by atoms with Crippen molar-refractivity contribution >= 4 is 27.5 Å². The molecule has 2 nitrogen and oxygen atoms in total. The highest BCUT2D eigenvalue weighted by Crippen LogP contribution is 2.28. The molecule has 0 aliphatic rings. The van der Waals surface area contributed by atoms with Crippen molar-refractivity contribution in [3.8, 4) is 5.75 Å². The fourth-order valence-corrected chi connectivity index (χ4v) is 2.58. The molecular formula is C16H17BrClNO. The summed E-state index contributed by atoms with van der Waals surface area (Å²) in [7, 11) is 0. The van der Waals surface area contributed by atoms with Crippen molar-refractivity contribution < 1.29 is 4.74 Å². The van der Waals surface area contributed by atoms with Crippen molar-refractivity contribution in [1.29, 1.82) is 0 Å². The minimum absolute atomic E-state index is 0.515. The van der Waals surface area contributed by atoms with Gasteiger partial charge in [-0.1, -0.05) is 58.7 Å². The smallest absolute Gasteiger partial charge is 0.138 e. The first kappa shape index (κ1) is 15.4. The Bertz CT molecular complexity index is 574. The summed E-state index contributed by atoms with van der Waals surface area (Å²) in [5.74, 6) is 0.701. The zero-order valence-corrected chi connectivity index (χ0v) is 13.7. The maximum atomic E-state index is 6.13. The number of hydrogen-bond acceptors (Lipinski definition) is 2. The lowest BCUT2D eigenvalue weighted by Crippen LogP contribution is -2.11. The molecule has 0 heterocycles. The second kappa shape index (κ2) is 7.67. The van der Waals surface area contributed by atoms with Crippen LogP contribution in [0.3, 0.4) is 0 Å². The van der Waals surface area contributed by atoms with Gasteiger partial charge in [0, 0.05) is 11.0 Å². The van der Waals surface area contributed by atoms with E-state index >= 15 is 0 Å². The average molecular weight is 355 g/mol. The summed E-state index contributed by atoms with van der Waals surface area (Å²) in [4.78, 5) is 0. The van der Waals surface area contributed by atoms with Gasteiger partial charge in [-0.3, -0.25) is 0 Å². The molecule has 2 aromatic rings. The van der Waals surface area contributed by atoms with Gasteiger partial charge in [-0.05, 0) is 35.9 Å². The standard InChI is InChI=1S/C16H17BrClNO/c1-2-19-10-12-4-3-5-13(8-12)11-20-16-7-6-14(17)9-15(16)18/h3-9,19H,2,10-11H2,1H3. The van der Waals surface area contributed by atoms with Gasteiger partial charge in [0.2, 0.25) is 0 Å². The van der Waals surface area contributed by atoms with Crippen LogP contribution >= 0.6 is 27.5 Å². The van der Waals surface area contributed by atoms with E-state index in [4.69, 9.17) is 16.3 Å². The van der Waals surface area contributed by atoms with Gasteiger partial charge >= 0.3 is 0 Å². The van der Waals surface area contributed by atoms with Crippen LogP contribution in [-0.4, -0.2) is 6.54 Å². The Hall–Kier alpha value is -1.03. The van der Waals surface area contributed by atoms with Crippen molar-refractivity contribution in [2.24, 2.45) is 0 Å². The molecule has 0 saturated heterocycles. The van der Waals surface area contributed by atoms with Crippen LogP contribution in [0.4, 0.5) is 0 Å². The lowest BCUT2D eigenvalue weighted by atomic mass is 10.1. The van der Waals surface area contributed by atoms with E-state index < -0.39 is 0 Å². The first-order chi connectivity index (χ1) is 9.69. The lowest BCUT2D eigenvalue weighted by Gasteiger charge is -2.10. The molecule has 0 amide bonds. The van der Waals surface area contributed by atoms with Crippen LogP contribution in [-0.2, 0) is 13.2 Å². The van der Waals surface area contributed by atoms with E-state index in [0.29, 0.717) is 17.4 Å². The van der Waals surface area contributed by atoms with Gasteiger partial charge in [0.1, 0.15) is 12.4 Å². The number of hydrogen-bond donors (Lipinski definition) is 1. The van der Waals surface area contributed by atoms with E-state index in [9.17, 15) is 0 Å². The minimum atomic E-state index is 0.515. The molecule has 1 N–H and O–H groups in total. The third-order valence-corrected chi connectivity index (χ3v) is 3.65. The zero-order valence-electron chi connectivity index (χ0n) is 11.3. The van der Waals surface area contributed by atoms with Gasteiger partial charge < -0.3 is 10.1 Å². The zero-order chi connectivity index (χ0) is 14.4. The molecule has 0 unspecified atom stereocenters. The molecule has 0 aliphatic heterocycles. The summed E-state index contributed by atoms with van der Waals surface area (Å²) in [6, 6.07) is 14.0. The van der Waals surface area contributed by atoms with Gasteiger partial charge in [-0.2, -0.15) is 0 Å². The molecule has 0 radical (unpaired) electrons. The molecule has 20 heavy (non-hydrogen) atoms. The van der Waals surface area contributed by atoms with Crippen molar-refractivity contribution in [1.82, 2.24) is 5.32 Å². The van der Waals surface area contributed by atoms with Crippen LogP contribution in [0, 0.1) is 0 Å². The Labute approximate surface area is 133 Å². The topological polar surface area (TPSA) is 21.3 Å². The van der Waals surface area contributed by atoms with E-state index in [-0.39, 0.29) is 0 Å². The quantitative estimate of drug-likeness (QED) is 0.805. The number of rotatable bonds is 6. The fourth-order valence-electron chi connectivity index (χ4n) is 1.85. The second-order valence-corrected chi connectivity index (χ2v) is 5.79. The third kappa shape index (κ3) is 4.51. The van der Waals surface area contributed by atoms with Gasteiger partial charge in [-0.15, -0.1) is 0 Å². The second-order valence-electron chi connectivity index (χ2n) is 4.46. The maximum absolute atomic E-state index is 6.13. The minimum Gasteiger partial charge on any atom is -0.487 e. The van der Waals surface area contributed by atoms with E-state index in [0.717, 1.165) is 23.1 Å². The predicted octanol–water partition coefficient (Wildman–Crippen LogP) is 4.79. The molecule has 106 valence electrons. The SMILES string of the molecule is CCNCc1cccc(COc2ccc(Br)cc2Cl)c1. The Balaban J connectivity index is 1.99. The van der Waals surface area contributed by atoms with Crippen LogP contribution in [0.15, 0.2) is 46.9 Å². The molecular weight excluding hydrogens is 338 g/mol. The molecule has 0 saturated carbocycles. The third-order valence-electron chi connectivity index (χ3n) is 2.86. The van der Waals surface area contributed by atoms with Crippen molar-refractivity contribution in [2.75, 3.05) is 6.54 Å². The lowest BCUT2D eigenvalue weighted by molar-refractivity contribution is 0.306.